The third-order valence-corrected chi connectivity index (χ3v) is 5.85. The van der Waals surface area contributed by atoms with Crippen molar-refractivity contribution in [3.8, 4) is 11.4 Å². The van der Waals surface area contributed by atoms with Gasteiger partial charge in [0.2, 0.25) is 0 Å². The lowest BCUT2D eigenvalue weighted by Crippen LogP contribution is -2.12. The van der Waals surface area contributed by atoms with Crippen LogP contribution in [-0.4, -0.2) is 20.7 Å². The summed E-state index contributed by atoms with van der Waals surface area (Å²) >= 11 is 0. The van der Waals surface area contributed by atoms with Crippen molar-refractivity contribution in [1.29, 1.82) is 0 Å². The Hall–Kier alpha value is -2.95. The Kier molecular flexibility index (Phi) is 4.43. The first-order valence-corrected chi connectivity index (χ1v) is 10.2. The fraction of sp³-hybridized carbons (Fsp3) is 0.348. The van der Waals surface area contributed by atoms with Crippen LogP contribution in [0.4, 0.5) is 5.69 Å². The van der Waals surface area contributed by atoms with E-state index in [1.807, 2.05) is 36.4 Å². The molecule has 1 aliphatic heterocycles. The lowest BCUT2D eigenvalue weighted by Gasteiger charge is -2.10. The molecule has 0 bridgehead atoms. The summed E-state index contributed by atoms with van der Waals surface area (Å²) in [4.78, 5) is 12.7. The molecule has 1 N–H and O–H groups in total. The maximum absolute atomic E-state index is 12.7. The number of carbonyl (C=O) groups is 1. The molecule has 1 aliphatic carbocycles. The van der Waals surface area contributed by atoms with Crippen molar-refractivity contribution in [1.82, 2.24) is 14.8 Å². The molecule has 3 aromatic rings. The highest BCUT2D eigenvalue weighted by Gasteiger charge is 2.17. The molecule has 0 saturated heterocycles. The molecule has 0 radical (unpaired) electrons. The van der Waals surface area contributed by atoms with Gasteiger partial charge in [0, 0.05) is 29.8 Å². The Morgan fingerprint density at radius 1 is 0.893 bits per heavy atom. The van der Waals surface area contributed by atoms with Gasteiger partial charge in [-0.2, -0.15) is 0 Å². The summed E-state index contributed by atoms with van der Waals surface area (Å²) in [7, 11) is 0. The monoisotopic (exact) mass is 372 g/mol. The van der Waals surface area contributed by atoms with Gasteiger partial charge in [-0.1, -0.05) is 24.6 Å². The van der Waals surface area contributed by atoms with Gasteiger partial charge in [0.05, 0.1) is 0 Å². The van der Waals surface area contributed by atoms with Gasteiger partial charge in [0.1, 0.15) is 5.82 Å². The summed E-state index contributed by atoms with van der Waals surface area (Å²) in [5, 5.41) is 11.9. The molecule has 0 atom stereocenters. The molecule has 5 heteroatoms. The van der Waals surface area contributed by atoms with Crippen LogP contribution in [-0.2, 0) is 25.8 Å². The first kappa shape index (κ1) is 17.2. The Morgan fingerprint density at radius 2 is 1.82 bits per heavy atom. The van der Waals surface area contributed by atoms with E-state index < -0.39 is 0 Å². The minimum absolute atomic E-state index is 0.0630. The third-order valence-electron chi connectivity index (χ3n) is 5.85. The first-order chi connectivity index (χ1) is 13.8. The average molecular weight is 372 g/mol. The fourth-order valence-corrected chi connectivity index (χ4v) is 4.35. The van der Waals surface area contributed by atoms with Gasteiger partial charge in [-0.05, 0) is 67.5 Å². The Labute approximate surface area is 164 Å². The van der Waals surface area contributed by atoms with E-state index in [1.54, 1.807) is 0 Å². The summed E-state index contributed by atoms with van der Waals surface area (Å²) < 4.78 is 2.23. The summed E-state index contributed by atoms with van der Waals surface area (Å²) in [6.07, 6.45) is 7.94. The van der Waals surface area contributed by atoms with Gasteiger partial charge >= 0.3 is 0 Å². The highest BCUT2D eigenvalue weighted by atomic mass is 16.1. The van der Waals surface area contributed by atoms with Gasteiger partial charge in [-0.25, -0.2) is 0 Å². The van der Waals surface area contributed by atoms with E-state index in [0.29, 0.717) is 0 Å². The maximum atomic E-state index is 12.7. The smallest absolute Gasteiger partial charge is 0.255 e. The van der Waals surface area contributed by atoms with Gasteiger partial charge < -0.3 is 9.88 Å². The number of nitrogens with zero attached hydrogens (tertiary/aromatic N) is 3. The Bertz CT molecular complexity index is 1040. The minimum Gasteiger partial charge on any atom is -0.322 e. The van der Waals surface area contributed by atoms with Crippen LogP contribution in [0.3, 0.4) is 0 Å². The number of rotatable bonds is 3. The summed E-state index contributed by atoms with van der Waals surface area (Å²) in [5.41, 5.74) is 5.20. The molecule has 2 aliphatic rings. The van der Waals surface area contributed by atoms with Crippen molar-refractivity contribution in [3.05, 3.63) is 65.0 Å². The van der Waals surface area contributed by atoms with Crippen LogP contribution in [0, 0.1) is 0 Å². The first-order valence-electron chi connectivity index (χ1n) is 10.2. The molecule has 2 heterocycles. The third kappa shape index (κ3) is 3.21. The number of nitrogens with one attached hydrogen (secondary N) is 1. The molecule has 1 aromatic heterocycles. The number of aryl methyl sites for hydroxylation is 3. The lowest BCUT2D eigenvalue weighted by molar-refractivity contribution is 0.102. The molecule has 28 heavy (non-hydrogen) atoms. The van der Waals surface area contributed by atoms with E-state index in [4.69, 9.17) is 0 Å². The second-order valence-corrected chi connectivity index (χ2v) is 7.77. The molecular weight excluding hydrogens is 348 g/mol. The summed E-state index contributed by atoms with van der Waals surface area (Å²) in [5.74, 6) is 1.90. The quantitative estimate of drug-likeness (QED) is 0.741. The fourth-order valence-electron chi connectivity index (χ4n) is 4.35. The van der Waals surface area contributed by atoms with Crippen LogP contribution in [0.5, 0.6) is 0 Å². The van der Waals surface area contributed by atoms with Gasteiger partial charge in [0.15, 0.2) is 5.82 Å². The van der Waals surface area contributed by atoms with Crippen LogP contribution in [0.1, 0.15) is 53.0 Å². The minimum atomic E-state index is -0.0630. The maximum Gasteiger partial charge on any atom is 0.255 e. The molecule has 142 valence electrons. The second kappa shape index (κ2) is 7.23. The molecular formula is C23H24N4O. The SMILES string of the molecule is O=C(Nc1cccc(-c2nnc3n2CCCCC3)c1)c1ccc2c(c1)CCC2. The number of anilines is 1. The summed E-state index contributed by atoms with van der Waals surface area (Å²) in [6, 6.07) is 14.0. The Morgan fingerprint density at radius 3 is 2.79 bits per heavy atom. The highest BCUT2D eigenvalue weighted by Crippen LogP contribution is 2.26. The standard InChI is InChI=1S/C23H24N4O/c28-23(19-12-11-16-6-4-7-17(16)14-19)24-20-9-5-8-18(15-20)22-26-25-21-10-2-1-3-13-27(21)22/h5,8-9,11-12,14-15H,1-4,6-7,10,13H2,(H,24,28). The molecule has 0 fully saturated rings. The average Bonchev–Trinajstić information content (AvgIpc) is 3.28. The second-order valence-electron chi connectivity index (χ2n) is 7.77. The predicted octanol–water partition coefficient (Wildman–Crippen LogP) is 4.41. The zero-order valence-electron chi connectivity index (χ0n) is 15.9. The van der Waals surface area contributed by atoms with Crippen molar-refractivity contribution in [2.24, 2.45) is 0 Å². The van der Waals surface area contributed by atoms with Crippen molar-refractivity contribution in [2.45, 2.75) is 51.5 Å². The van der Waals surface area contributed by atoms with Crippen LogP contribution < -0.4 is 5.32 Å². The van der Waals surface area contributed by atoms with Crippen molar-refractivity contribution in [3.63, 3.8) is 0 Å². The molecule has 5 rings (SSSR count). The molecule has 0 unspecified atom stereocenters. The van der Waals surface area contributed by atoms with E-state index in [9.17, 15) is 4.79 Å². The molecule has 2 aromatic carbocycles. The van der Waals surface area contributed by atoms with Gasteiger partial charge in [0.25, 0.3) is 5.91 Å². The van der Waals surface area contributed by atoms with Crippen LogP contribution >= 0.6 is 0 Å². The molecule has 0 saturated carbocycles. The molecule has 5 nitrogen and oxygen atoms in total. The summed E-state index contributed by atoms with van der Waals surface area (Å²) in [6.45, 7) is 0.962. The molecule has 1 amide bonds. The van der Waals surface area contributed by atoms with E-state index in [0.717, 1.165) is 60.7 Å². The number of fused-ring (bicyclic) bond motifs is 2. The number of carbonyl (C=O) groups excluding carboxylic acids is 1. The van der Waals surface area contributed by atoms with Crippen LogP contribution in [0.2, 0.25) is 0 Å². The van der Waals surface area contributed by atoms with Gasteiger partial charge in [-0.15, -0.1) is 10.2 Å². The number of benzene rings is 2. The topological polar surface area (TPSA) is 59.8 Å². The van der Waals surface area contributed by atoms with Gasteiger partial charge in [-0.3, -0.25) is 4.79 Å². The number of aromatic nitrogens is 3. The zero-order chi connectivity index (χ0) is 18.9. The number of hydrogen-bond acceptors (Lipinski definition) is 3. The molecule has 0 spiro atoms. The Balaban J connectivity index is 1.39. The van der Waals surface area contributed by atoms with Crippen LogP contribution in [0.15, 0.2) is 42.5 Å². The normalized spacial score (nSPS) is 15.6. The number of amides is 1. The zero-order valence-corrected chi connectivity index (χ0v) is 15.9. The van der Waals surface area contributed by atoms with E-state index in [-0.39, 0.29) is 5.91 Å². The highest BCUT2D eigenvalue weighted by molar-refractivity contribution is 6.04. The largest absolute Gasteiger partial charge is 0.322 e. The number of hydrogen-bond donors (Lipinski definition) is 1. The van der Waals surface area contributed by atoms with Crippen molar-refractivity contribution in [2.75, 3.05) is 5.32 Å². The van der Waals surface area contributed by atoms with E-state index in [2.05, 4.69) is 26.1 Å². The predicted molar refractivity (Wildman–Crippen MR) is 109 cm³/mol. The van der Waals surface area contributed by atoms with Crippen molar-refractivity contribution < 1.29 is 4.79 Å². The lowest BCUT2D eigenvalue weighted by atomic mass is 10.1. The van der Waals surface area contributed by atoms with E-state index >= 15 is 0 Å². The van der Waals surface area contributed by atoms with Crippen LogP contribution in [0.25, 0.3) is 11.4 Å². The van der Waals surface area contributed by atoms with E-state index in [1.165, 1.54) is 30.4 Å². The van der Waals surface area contributed by atoms with Crippen molar-refractivity contribution >= 4 is 11.6 Å².